The monoisotopic (exact) mass is 401 g/mol. The van der Waals surface area contributed by atoms with Gasteiger partial charge in [0.25, 0.3) is 0 Å². The third-order valence-electron chi connectivity index (χ3n) is 4.11. The minimum absolute atomic E-state index is 0.112. The molecule has 3 nitrogen and oxygen atoms in total. The van der Waals surface area contributed by atoms with Crippen LogP contribution in [0.5, 0.6) is 0 Å². The number of nitrogens with one attached hydrogen (secondary N) is 1. The summed E-state index contributed by atoms with van der Waals surface area (Å²) in [5.41, 5.74) is 1.06. The van der Waals surface area contributed by atoms with Gasteiger partial charge in [0.05, 0.1) is 5.02 Å². The second-order valence-electron chi connectivity index (χ2n) is 6.65. The molecular weight excluding hydrogens is 378 g/mol. The maximum absolute atomic E-state index is 12.5. The number of carbonyl (C=O) groups is 1. The molecule has 0 saturated heterocycles. The predicted molar refractivity (Wildman–Crippen MR) is 97.6 cm³/mol. The van der Waals surface area contributed by atoms with Crippen LogP contribution >= 0.6 is 27.5 Å². The summed E-state index contributed by atoms with van der Waals surface area (Å²) < 4.78 is 6.55. The average Bonchev–Trinajstić information content (AvgIpc) is 2.99. The second-order valence-corrected chi connectivity index (χ2v) is 7.92. The number of hydrogen-bond donors (Lipinski definition) is 1. The van der Waals surface area contributed by atoms with Gasteiger partial charge in [-0.05, 0) is 71.6 Å². The van der Waals surface area contributed by atoms with Crippen molar-refractivity contribution in [2.24, 2.45) is 5.92 Å². The van der Waals surface area contributed by atoms with Gasteiger partial charge in [0.2, 0.25) is 0 Å². The molecule has 1 atom stereocenters. The van der Waals surface area contributed by atoms with E-state index < -0.39 is 0 Å². The van der Waals surface area contributed by atoms with Crippen molar-refractivity contribution in [3.8, 4) is 0 Å². The molecule has 0 aliphatic heterocycles. The van der Waals surface area contributed by atoms with Crippen molar-refractivity contribution in [3.63, 3.8) is 0 Å². The summed E-state index contributed by atoms with van der Waals surface area (Å²) in [5.74, 6) is 0.311. The van der Waals surface area contributed by atoms with Crippen LogP contribution in [0.4, 0.5) is 0 Å². The molecule has 0 heterocycles. The normalized spacial score (nSPS) is 16.7. The molecule has 1 aliphatic carbocycles. The fraction of sp³-hybridized carbons (Fsp3) is 0.611. The zero-order valence-corrected chi connectivity index (χ0v) is 16.1. The molecule has 1 aliphatic rings. The molecule has 0 spiro atoms. The molecule has 0 bridgehead atoms. The Hall–Kier alpha value is -0.580. The highest BCUT2D eigenvalue weighted by atomic mass is 79.9. The zero-order chi connectivity index (χ0) is 16.8. The number of hydrogen-bond acceptors (Lipinski definition) is 3. The minimum Gasteiger partial charge on any atom is -0.461 e. The van der Waals surface area contributed by atoms with Crippen LogP contribution in [0.15, 0.2) is 22.7 Å². The first-order chi connectivity index (χ1) is 11.0. The van der Waals surface area contributed by atoms with Crippen LogP contribution in [0.3, 0.4) is 0 Å². The van der Waals surface area contributed by atoms with Crippen LogP contribution in [0.2, 0.25) is 5.02 Å². The Labute approximate surface area is 152 Å². The van der Waals surface area contributed by atoms with Gasteiger partial charge in [0.1, 0.15) is 12.1 Å². The number of benzene rings is 1. The van der Waals surface area contributed by atoms with E-state index in [4.69, 9.17) is 16.3 Å². The average molecular weight is 403 g/mol. The molecule has 1 N–H and O–H groups in total. The molecule has 0 radical (unpaired) electrons. The standard InChI is InChI=1S/C18H25BrClNO2/c1-12(2)9-17(18(22)23-14-5-3-4-6-14)21-11-13-7-8-15(19)16(20)10-13/h7-8,10,12,14,17,21H,3-6,9,11H2,1-2H3/t17-/m0/s1. The van der Waals surface area contributed by atoms with Crippen molar-refractivity contribution < 1.29 is 9.53 Å². The zero-order valence-electron chi connectivity index (χ0n) is 13.8. The van der Waals surface area contributed by atoms with Gasteiger partial charge >= 0.3 is 5.97 Å². The summed E-state index contributed by atoms with van der Waals surface area (Å²) in [7, 11) is 0. The van der Waals surface area contributed by atoms with Gasteiger partial charge in [0, 0.05) is 11.0 Å². The molecule has 0 amide bonds. The molecule has 1 saturated carbocycles. The number of esters is 1. The van der Waals surface area contributed by atoms with Gasteiger partial charge < -0.3 is 10.1 Å². The van der Waals surface area contributed by atoms with E-state index in [1.165, 1.54) is 0 Å². The second kappa shape index (κ2) is 9.05. The Balaban J connectivity index is 1.93. The minimum atomic E-state index is -0.266. The maximum Gasteiger partial charge on any atom is 0.323 e. The van der Waals surface area contributed by atoms with E-state index in [1.54, 1.807) is 0 Å². The summed E-state index contributed by atoms with van der Waals surface area (Å²) in [6, 6.07) is 5.57. The van der Waals surface area contributed by atoms with Crippen LogP contribution < -0.4 is 5.32 Å². The molecule has 1 fully saturated rings. The summed E-state index contributed by atoms with van der Waals surface area (Å²) in [4.78, 5) is 12.5. The van der Waals surface area contributed by atoms with Crippen molar-refractivity contribution >= 4 is 33.5 Å². The van der Waals surface area contributed by atoms with Gasteiger partial charge in [-0.2, -0.15) is 0 Å². The smallest absolute Gasteiger partial charge is 0.323 e. The molecular formula is C18H25BrClNO2. The number of ether oxygens (including phenoxy) is 1. The van der Waals surface area contributed by atoms with Gasteiger partial charge in [-0.15, -0.1) is 0 Å². The first-order valence-corrected chi connectivity index (χ1v) is 9.50. The first kappa shape index (κ1) is 18.8. The Morgan fingerprint density at radius 3 is 2.70 bits per heavy atom. The van der Waals surface area contributed by atoms with Gasteiger partial charge in [-0.25, -0.2) is 0 Å². The van der Waals surface area contributed by atoms with Crippen LogP contribution in [0.25, 0.3) is 0 Å². The number of rotatable bonds is 7. The summed E-state index contributed by atoms with van der Waals surface area (Å²) in [6.07, 6.45) is 5.22. The Kier molecular flexibility index (Phi) is 7.38. The molecule has 2 rings (SSSR count). The highest BCUT2D eigenvalue weighted by Gasteiger charge is 2.25. The van der Waals surface area contributed by atoms with Crippen molar-refractivity contribution in [3.05, 3.63) is 33.3 Å². The lowest BCUT2D eigenvalue weighted by molar-refractivity contribution is -0.151. The summed E-state index contributed by atoms with van der Waals surface area (Å²) in [6.45, 7) is 4.84. The fourth-order valence-electron chi connectivity index (χ4n) is 2.88. The van der Waals surface area contributed by atoms with E-state index in [2.05, 4.69) is 35.1 Å². The summed E-state index contributed by atoms with van der Waals surface area (Å²) in [5, 5.41) is 4.02. The molecule has 1 aromatic rings. The van der Waals surface area contributed by atoms with Crippen molar-refractivity contribution in [2.45, 2.75) is 64.6 Å². The SMILES string of the molecule is CC(C)C[C@H](NCc1ccc(Br)c(Cl)c1)C(=O)OC1CCCC1. The van der Waals surface area contributed by atoms with E-state index in [0.29, 0.717) is 17.5 Å². The molecule has 23 heavy (non-hydrogen) atoms. The third-order valence-corrected chi connectivity index (χ3v) is 5.35. The Morgan fingerprint density at radius 1 is 1.39 bits per heavy atom. The maximum atomic E-state index is 12.5. The molecule has 1 aromatic carbocycles. The van der Waals surface area contributed by atoms with Gasteiger partial charge in [0.15, 0.2) is 0 Å². The highest BCUT2D eigenvalue weighted by molar-refractivity contribution is 9.10. The van der Waals surface area contributed by atoms with Crippen LogP contribution in [-0.4, -0.2) is 18.1 Å². The number of carbonyl (C=O) groups excluding carboxylic acids is 1. The third kappa shape index (κ3) is 6.09. The van der Waals surface area contributed by atoms with E-state index >= 15 is 0 Å². The van der Waals surface area contributed by atoms with E-state index in [1.807, 2.05) is 18.2 Å². The summed E-state index contributed by atoms with van der Waals surface area (Å²) >= 11 is 9.51. The molecule has 0 aromatic heterocycles. The van der Waals surface area contributed by atoms with E-state index in [9.17, 15) is 4.79 Å². The van der Waals surface area contributed by atoms with Gasteiger partial charge in [-0.1, -0.05) is 31.5 Å². The fourth-order valence-corrected chi connectivity index (χ4v) is 3.33. The predicted octanol–water partition coefficient (Wildman–Crippen LogP) is 5.09. The quantitative estimate of drug-likeness (QED) is 0.645. The number of halogens is 2. The van der Waals surface area contributed by atoms with Crippen molar-refractivity contribution in [2.75, 3.05) is 0 Å². The van der Waals surface area contributed by atoms with E-state index in [0.717, 1.165) is 42.1 Å². The molecule has 0 unspecified atom stereocenters. The lowest BCUT2D eigenvalue weighted by Gasteiger charge is -2.22. The first-order valence-electron chi connectivity index (χ1n) is 8.33. The van der Waals surface area contributed by atoms with Crippen molar-refractivity contribution in [1.29, 1.82) is 0 Å². The lowest BCUT2D eigenvalue weighted by atomic mass is 10.0. The molecule has 5 heteroatoms. The largest absolute Gasteiger partial charge is 0.461 e. The molecule has 128 valence electrons. The van der Waals surface area contributed by atoms with E-state index in [-0.39, 0.29) is 18.1 Å². The van der Waals surface area contributed by atoms with Crippen LogP contribution in [0.1, 0.15) is 51.5 Å². The Bertz CT molecular complexity index is 530. The Morgan fingerprint density at radius 2 is 2.09 bits per heavy atom. The topological polar surface area (TPSA) is 38.3 Å². The van der Waals surface area contributed by atoms with Crippen LogP contribution in [-0.2, 0) is 16.1 Å². The van der Waals surface area contributed by atoms with Crippen molar-refractivity contribution in [1.82, 2.24) is 5.32 Å². The van der Waals surface area contributed by atoms with Crippen LogP contribution in [0, 0.1) is 5.92 Å². The lowest BCUT2D eigenvalue weighted by Crippen LogP contribution is -2.40. The van der Waals surface area contributed by atoms with Gasteiger partial charge in [-0.3, -0.25) is 4.79 Å². The highest BCUT2D eigenvalue weighted by Crippen LogP contribution is 2.24.